The average Bonchev–Trinajstić information content (AvgIpc) is 3.12. The van der Waals surface area contributed by atoms with Crippen LogP contribution in [0.15, 0.2) is 60.9 Å². The van der Waals surface area contributed by atoms with Crippen LogP contribution in [0.3, 0.4) is 0 Å². The Bertz CT molecular complexity index is 1330. The summed E-state index contributed by atoms with van der Waals surface area (Å²) < 4.78 is 27.4. The minimum absolute atomic E-state index is 0.0784. The van der Waals surface area contributed by atoms with E-state index in [1.165, 1.54) is 0 Å². The Kier molecular flexibility index (Phi) is 5.15. The third kappa shape index (κ3) is 4.12. The molecule has 0 saturated heterocycles. The molecule has 2 aromatic carbocycles. The molecule has 9 heteroatoms. The van der Waals surface area contributed by atoms with E-state index in [9.17, 15) is 13.5 Å². The molecule has 0 aliphatic heterocycles. The molecule has 2 heterocycles. The first-order valence-corrected chi connectivity index (χ1v) is 11.1. The van der Waals surface area contributed by atoms with Crippen molar-refractivity contribution in [1.82, 2.24) is 14.6 Å². The number of anilines is 3. The molecule has 0 radical (unpaired) electrons. The number of sulfonamides is 1. The summed E-state index contributed by atoms with van der Waals surface area (Å²) >= 11 is 0. The van der Waals surface area contributed by atoms with Crippen LogP contribution in [0.1, 0.15) is 11.1 Å². The number of hydrogen-bond acceptors (Lipinski definition) is 6. The SMILES string of the molecule is Cc1ccc(Nc2ccn3ncc(-c4ccccc4CO)c3n2)cc1NS(C)(=O)=O. The van der Waals surface area contributed by atoms with Gasteiger partial charge in [-0.25, -0.2) is 17.9 Å². The minimum atomic E-state index is -3.38. The predicted octanol–water partition coefficient (Wildman–Crippen LogP) is 3.31. The highest BCUT2D eigenvalue weighted by atomic mass is 32.2. The molecular formula is C21H21N5O3S. The molecular weight excluding hydrogens is 402 g/mol. The van der Waals surface area contributed by atoms with Crippen LogP contribution in [0.5, 0.6) is 0 Å². The van der Waals surface area contributed by atoms with Crippen molar-refractivity contribution in [3.8, 4) is 11.1 Å². The van der Waals surface area contributed by atoms with Crippen LogP contribution in [0.4, 0.5) is 17.2 Å². The molecule has 4 aromatic rings. The van der Waals surface area contributed by atoms with Crippen LogP contribution in [-0.2, 0) is 16.6 Å². The van der Waals surface area contributed by atoms with Crippen molar-refractivity contribution in [2.75, 3.05) is 16.3 Å². The standard InChI is InChI=1S/C21H21N5O3S/c1-14-7-8-16(11-19(14)25-30(2,28)29)23-20-9-10-26-21(24-20)18(12-22-26)17-6-4-3-5-15(17)13-27/h3-12,25,27H,13H2,1-2H3,(H,23,24). The summed E-state index contributed by atoms with van der Waals surface area (Å²) in [6.45, 7) is 1.75. The maximum atomic E-state index is 11.6. The summed E-state index contributed by atoms with van der Waals surface area (Å²) in [6, 6.07) is 14.8. The molecule has 4 rings (SSSR count). The van der Waals surface area contributed by atoms with E-state index in [1.54, 1.807) is 29.0 Å². The molecule has 8 nitrogen and oxygen atoms in total. The highest BCUT2D eigenvalue weighted by molar-refractivity contribution is 7.92. The highest BCUT2D eigenvalue weighted by Gasteiger charge is 2.13. The first-order valence-electron chi connectivity index (χ1n) is 9.23. The van der Waals surface area contributed by atoms with Gasteiger partial charge in [0.05, 0.1) is 24.7 Å². The molecule has 0 fully saturated rings. The third-order valence-electron chi connectivity index (χ3n) is 4.65. The van der Waals surface area contributed by atoms with Crippen LogP contribution < -0.4 is 10.0 Å². The molecule has 0 spiro atoms. The summed E-state index contributed by atoms with van der Waals surface area (Å²) in [5, 5.41) is 17.2. The Hall–Kier alpha value is -3.43. The number of nitrogens with one attached hydrogen (secondary N) is 2. The average molecular weight is 423 g/mol. The van der Waals surface area contributed by atoms with Crippen LogP contribution in [-0.4, -0.2) is 34.4 Å². The van der Waals surface area contributed by atoms with Gasteiger partial charge in [-0.3, -0.25) is 4.72 Å². The Balaban J connectivity index is 1.71. The third-order valence-corrected chi connectivity index (χ3v) is 5.24. The lowest BCUT2D eigenvalue weighted by Crippen LogP contribution is -2.10. The smallest absolute Gasteiger partial charge is 0.229 e. The zero-order valence-corrected chi connectivity index (χ0v) is 17.3. The van der Waals surface area contributed by atoms with E-state index in [-0.39, 0.29) is 6.61 Å². The minimum Gasteiger partial charge on any atom is -0.392 e. The van der Waals surface area contributed by atoms with Gasteiger partial charge >= 0.3 is 0 Å². The monoisotopic (exact) mass is 423 g/mol. The van der Waals surface area contributed by atoms with Gasteiger partial charge in [-0.2, -0.15) is 5.10 Å². The summed E-state index contributed by atoms with van der Waals surface area (Å²) in [5.41, 5.74) is 5.13. The second kappa shape index (κ2) is 7.77. The van der Waals surface area contributed by atoms with Gasteiger partial charge in [0.15, 0.2) is 5.65 Å². The highest BCUT2D eigenvalue weighted by Crippen LogP contribution is 2.29. The fraction of sp³-hybridized carbons (Fsp3) is 0.143. The van der Waals surface area contributed by atoms with Gasteiger partial charge in [-0.15, -0.1) is 0 Å². The molecule has 0 aliphatic carbocycles. The van der Waals surface area contributed by atoms with Crippen molar-refractivity contribution in [2.45, 2.75) is 13.5 Å². The molecule has 0 unspecified atom stereocenters. The van der Waals surface area contributed by atoms with E-state index in [4.69, 9.17) is 0 Å². The predicted molar refractivity (Wildman–Crippen MR) is 117 cm³/mol. The number of aliphatic hydroxyl groups is 1. The second-order valence-corrected chi connectivity index (χ2v) is 8.73. The van der Waals surface area contributed by atoms with Crippen molar-refractivity contribution in [1.29, 1.82) is 0 Å². The number of nitrogens with zero attached hydrogens (tertiary/aromatic N) is 3. The first kappa shape index (κ1) is 19.9. The number of hydrogen-bond donors (Lipinski definition) is 3. The Morgan fingerprint density at radius 1 is 1.10 bits per heavy atom. The zero-order chi connectivity index (χ0) is 21.3. The van der Waals surface area contributed by atoms with Crippen LogP contribution in [0.2, 0.25) is 0 Å². The lowest BCUT2D eigenvalue weighted by Gasteiger charge is -2.12. The molecule has 3 N–H and O–H groups in total. The summed E-state index contributed by atoms with van der Waals surface area (Å²) in [6.07, 6.45) is 4.63. The fourth-order valence-electron chi connectivity index (χ4n) is 3.21. The van der Waals surface area contributed by atoms with E-state index in [0.29, 0.717) is 22.8 Å². The maximum Gasteiger partial charge on any atom is 0.229 e. The van der Waals surface area contributed by atoms with Gasteiger partial charge in [-0.1, -0.05) is 30.3 Å². The van der Waals surface area contributed by atoms with Gasteiger partial charge < -0.3 is 10.4 Å². The van der Waals surface area contributed by atoms with Gasteiger partial charge in [0.25, 0.3) is 0 Å². The van der Waals surface area contributed by atoms with E-state index in [2.05, 4.69) is 20.1 Å². The van der Waals surface area contributed by atoms with Crippen molar-refractivity contribution in [3.05, 3.63) is 72.1 Å². The Morgan fingerprint density at radius 2 is 1.90 bits per heavy atom. The van der Waals surface area contributed by atoms with Crippen LogP contribution >= 0.6 is 0 Å². The van der Waals surface area contributed by atoms with E-state index >= 15 is 0 Å². The summed E-state index contributed by atoms with van der Waals surface area (Å²) in [7, 11) is -3.38. The summed E-state index contributed by atoms with van der Waals surface area (Å²) in [5.74, 6) is 0.583. The lowest BCUT2D eigenvalue weighted by molar-refractivity contribution is 0.282. The number of aromatic nitrogens is 3. The van der Waals surface area contributed by atoms with Crippen LogP contribution in [0, 0.1) is 6.92 Å². The molecule has 0 amide bonds. The van der Waals surface area contributed by atoms with Gasteiger partial charge in [0.1, 0.15) is 5.82 Å². The van der Waals surface area contributed by atoms with Gasteiger partial charge in [-0.05, 0) is 41.8 Å². The molecule has 0 atom stereocenters. The molecule has 0 aliphatic rings. The Labute approximate surface area is 174 Å². The molecule has 30 heavy (non-hydrogen) atoms. The number of benzene rings is 2. The number of aliphatic hydroxyl groups excluding tert-OH is 1. The molecule has 0 bridgehead atoms. The largest absolute Gasteiger partial charge is 0.392 e. The van der Waals surface area contributed by atoms with E-state index in [1.807, 2.05) is 43.3 Å². The first-order chi connectivity index (χ1) is 14.3. The van der Waals surface area contributed by atoms with Crippen molar-refractivity contribution in [3.63, 3.8) is 0 Å². The molecule has 154 valence electrons. The number of rotatable bonds is 6. The molecule has 0 saturated carbocycles. The fourth-order valence-corrected chi connectivity index (χ4v) is 3.83. The number of aryl methyl sites for hydroxylation is 1. The van der Waals surface area contributed by atoms with E-state index < -0.39 is 10.0 Å². The van der Waals surface area contributed by atoms with Crippen molar-refractivity contribution >= 4 is 32.9 Å². The quantitative estimate of drug-likeness (QED) is 0.439. The van der Waals surface area contributed by atoms with Crippen LogP contribution in [0.25, 0.3) is 16.8 Å². The normalized spacial score (nSPS) is 11.6. The van der Waals surface area contributed by atoms with Gasteiger partial charge in [0, 0.05) is 17.4 Å². The second-order valence-electron chi connectivity index (χ2n) is 6.98. The Morgan fingerprint density at radius 3 is 2.67 bits per heavy atom. The number of fused-ring (bicyclic) bond motifs is 1. The van der Waals surface area contributed by atoms with Crippen molar-refractivity contribution in [2.24, 2.45) is 0 Å². The molecule has 2 aromatic heterocycles. The van der Waals surface area contributed by atoms with Gasteiger partial charge in [0.2, 0.25) is 10.0 Å². The summed E-state index contributed by atoms with van der Waals surface area (Å²) in [4.78, 5) is 4.68. The maximum absolute atomic E-state index is 11.6. The lowest BCUT2D eigenvalue weighted by atomic mass is 10.0. The zero-order valence-electron chi connectivity index (χ0n) is 16.5. The topological polar surface area (TPSA) is 109 Å². The van der Waals surface area contributed by atoms with Crippen molar-refractivity contribution < 1.29 is 13.5 Å². The van der Waals surface area contributed by atoms with E-state index in [0.717, 1.165) is 28.5 Å².